The van der Waals surface area contributed by atoms with E-state index in [0.29, 0.717) is 171 Å². The Hall–Kier alpha value is -2.68. The molecule has 0 unspecified atom stereocenters. The Morgan fingerprint density at radius 2 is 0.455 bits per heavy atom. The van der Waals surface area contributed by atoms with Gasteiger partial charge >= 0.3 is 23.8 Å². The lowest BCUT2D eigenvalue weighted by atomic mass is 10.4. The average Bonchev–Trinajstić information content (AvgIpc) is 3.31. The van der Waals surface area contributed by atoms with Crippen LogP contribution in [-0.2, 0) is 56.8 Å². The quantitative estimate of drug-likeness (QED) is 0.192. The standard InChI is InChI=1S/C44H86N6O16/c1-3-45-13-29-59-41-43(65-35-19-49(7-23-53)11-27-57-39-37-55-25-9-47(5-21-51)17-33-63-41)61-31-15-46(4-2)16-32-62-44-42(60-30-14-45)64-34-18-48(6-22-52)10-26-56-38-40-58-28-12-50(8-24-54)20-36-66-44/h51-54H,3-40H2,1-2H3/b43-41-,44-42-. The first kappa shape index (κ1) is 57.6. The summed E-state index contributed by atoms with van der Waals surface area (Å²) in [7, 11) is 0. The fourth-order valence-electron chi connectivity index (χ4n) is 6.96. The second-order valence-corrected chi connectivity index (χ2v) is 15.5. The predicted octanol–water partition coefficient (Wildman–Crippen LogP) is -1.70. The van der Waals surface area contributed by atoms with Crippen LogP contribution in [0.1, 0.15) is 13.8 Å². The van der Waals surface area contributed by atoms with E-state index < -0.39 is 0 Å². The van der Waals surface area contributed by atoms with Gasteiger partial charge in [-0.25, -0.2) is 0 Å². The van der Waals surface area contributed by atoms with Gasteiger partial charge in [-0.05, 0) is 13.1 Å². The van der Waals surface area contributed by atoms with Gasteiger partial charge in [0.1, 0.15) is 52.9 Å². The van der Waals surface area contributed by atoms with Gasteiger partial charge in [0.25, 0.3) is 0 Å². The summed E-state index contributed by atoms with van der Waals surface area (Å²) in [5.41, 5.74) is 0. The molecule has 3 heterocycles. The van der Waals surface area contributed by atoms with E-state index in [9.17, 15) is 20.4 Å². The van der Waals surface area contributed by atoms with Crippen LogP contribution in [0.5, 0.6) is 0 Å². The normalized spacial score (nSPS) is 24.9. The maximum Gasteiger partial charge on any atom is 0.364 e. The Bertz CT molecular complexity index is 1060. The number of hydrogen-bond acceptors (Lipinski definition) is 22. The smallest absolute Gasteiger partial charge is 0.364 e. The van der Waals surface area contributed by atoms with Crippen LogP contribution < -0.4 is 0 Å². The maximum atomic E-state index is 9.76. The average molecular weight is 955 g/mol. The van der Waals surface area contributed by atoms with Crippen LogP contribution in [0.15, 0.2) is 23.8 Å². The number of hydrogen-bond donors (Lipinski definition) is 4. The highest BCUT2D eigenvalue weighted by atomic mass is 16.7. The third-order valence-electron chi connectivity index (χ3n) is 11.0. The van der Waals surface area contributed by atoms with Gasteiger partial charge < -0.3 is 77.3 Å². The molecule has 0 aromatic rings. The van der Waals surface area contributed by atoms with Crippen molar-refractivity contribution in [3.8, 4) is 0 Å². The molecule has 3 aliphatic rings. The van der Waals surface area contributed by atoms with Crippen LogP contribution >= 0.6 is 0 Å². The highest BCUT2D eigenvalue weighted by Gasteiger charge is 2.22. The molecule has 0 spiro atoms. The van der Waals surface area contributed by atoms with Crippen LogP contribution in [0.2, 0.25) is 0 Å². The summed E-state index contributed by atoms with van der Waals surface area (Å²) in [5, 5.41) is 39.1. The molecule has 0 radical (unpaired) electrons. The molecule has 0 atom stereocenters. The van der Waals surface area contributed by atoms with Crippen molar-refractivity contribution in [2.45, 2.75) is 13.8 Å². The summed E-state index contributed by atoms with van der Waals surface area (Å²) in [6.07, 6.45) is 0. The molecule has 0 fully saturated rings. The second kappa shape index (κ2) is 39.2. The number of aliphatic hydroxyl groups is 4. The van der Waals surface area contributed by atoms with Gasteiger partial charge in [0, 0.05) is 105 Å². The Morgan fingerprint density at radius 1 is 0.273 bits per heavy atom. The molecule has 0 amide bonds. The van der Waals surface area contributed by atoms with Crippen molar-refractivity contribution in [2.75, 3.05) is 250 Å². The molecule has 4 N–H and O–H groups in total. The Kier molecular flexibility index (Phi) is 34.2. The topological polar surface area (TPSA) is 211 Å². The lowest BCUT2D eigenvalue weighted by Crippen LogP contribution is -2.36. The molecule has 66 heavy (non-hydrogen) atoms. The van der Waals surface area contributed by atoms with Crippen molar-refractivity contribution < 1.29 is 77.3 Å². The summed E-state index contributed by atoms with van der Waals surface area (Å²) in [6.45, 7) is 19.5. The van der Waals surface area contributed by atoms with Crippen molar-refractivity contribution in [3.63, 3.8) is 0 Å². The molecule has 3 rings (SSSR count). The van der Waals surface area contributed by atoms with Crippen LogP contribution in [0.25, 0.3) is 0 Å². The zero-order valence-electron chi connectivity index (χ0n) is 40.2. The highest BCUT2D eigenvalue weighted by Crippen LogP contribution is 2.16. The minimum absolute atomic E-state index is 0.00315. The third-order valence-corrected chi connectivity index (χ3v) is 11.0. The van der Waals surface area contributed by atoms with E-state index in [1.165, 1.54) is 0 Å². The lowest BCUT2D eigenvalue weighted by Gasteiger charge is -2.27. The van der Waals surface area contributed by atoms with Gasteiger partial charge in [0.15, 0.2) is 0 Å². The Balaban J connectivity index is 1.86. The fraction of sp³-hybridized carbons (Fsp3) is 0.909. The third kappa shape index (κ3) is 26.8. The van der Waals surface area contributed by atoms with E-state index in [-0.39, 0.29) is 103 Å². The first-order chi connectivity index (χ1) is 32.5. The molecular weight excluding hydrogens is 869 g/mol. The van der Waals surface area contributed by atoms with E-state index in [1.54, 1.807) is 0 Å². The molecule has 0 saturated heterocycles. The molecule has 0 bridgehead atoms. The highest BCUT2D eigenvalue weighted by molar-refractivity contribution is 4.89. The first-order valence-corrected chi connectivity index (χ1v) is 24.1. The summed E-state index contributed by atoms with van der Waals surface area (Å²) >= 11 is 0. The fourth-order valence-corrected chi connectivity index (χ4v) is 6.96. The van der Waals surface area contributed by atoms with Gasteiger partial charge in [-0.2, -0.15) is 0 Å². The molecule has 22 heteroatoms. The number of ether oxygens (including phenoxy) is 12. The van der Waals surface area contributed by atoms with E-state index in [1.807, 2.05) is 0 Å². The van der Waals surface area contributed by atoms with Crippen LogP contribution in [0.4, 0.5) is 0 Å². The lowest BCUT2D eigenvalue weighted by molar-refractivity contribution is -0.0657. The zero-order chi connectivity index (χ0) is 47.1. The molecule has 0 aromatic carbocycles. The van der Waals surface area contributed by atoms with Gasteiger partial charge in [0.2, 0.25) is 0 Å². The largest absolute Gasteiger partial charge is 0.459 e. The number of aliphatic hydroxyl groups excluding tert-OH is 4. The van der Waals surface area contributed by atoms with Gasteiger partial charge in [0.05, 0.1) is 79.3 Å². The molecular formula is C44H86N6O16. The van der Waals surface area contributed by atoms with Gasteiger partial charge in [-0.1, -0.05) is 13.8 Å². The minimum Gasteiger partial charge on any atom is -0.459 e. The minimum atomic E-state index is -0.00315. The predicted molar refractivity (Wildman–Crippen MR) is 243 cm³/mol. The summed E-state index contributed by atoms with van der Waals surface area (Å²) < 4.78 is 73.9. The van der Waals surface area contributed by atoms with Crippen molar-refractivity contribution in [2.24, 2.45) is 0 Å². The number of β-amino-alcohol motifs (C(OH)–C–C–N with tert-alkyl or cyclic N) is 4. The van der Waals surface area contributed by atoms with Gasteiger partial charge in [-0.15, -0.1) is 0 Å². The monoisotopic (exact) mass is 955 g/mol. The molecule has 0 aliphatic carbocycles. The van der Waals surface area contributed by atoms with Gasteiger partial charge in [-0.3, -0.25) is 29.4 Å². The zero-order valence-corrected chi connectivity index (χ0v) is 40.2. The van der Waals surface area contributed by atoms with Crippen molar-refractivity contribution in [3.05, 3.63) is 23.8 Å². The summed E-state index contributed by atoms with van der Waals surface area (Å²) in [4.78, 5) is 12.6. The maximum absolute atomic E-state index is 9.76. The first-order valence-electron chi connectivity index (χ1n) is 24.1. The van der Waals surface area contributed by atoms with E-state index in [0.717, 1.165) is 0 Å². The summed E-state index contributed by atoms with van der Waals surface area (Å²) in [5.74, 6) is 0.547. The van der Waals surface area contributed by atoms with Crippen molar-refractivity contribution in [1.29, 1.82) is 0 Å². The molecule has 388 valence electrons. The molecule has 3 aliphatic heterocycles. The Morgan fingerprint density at radius 3 is 0.636 bits per heavy atom. The van der Waals surface area contributed by atoms with Crippen LogP contribution in [-0.4, -0.2) is 300 Å². The molecule has 22 nitrogen and oxygen atoms in total. The van der Waals surface area contributed by atoms with Crippen LogP contribution in [0, 0.1) is 0 Å². The van der Waals surface area contributed by atoms with Crippen molar-refractivity contribution >= 4 is 0 Å². The SMILES string of the molecule is CCN1CCO/C2=C(\OCCN(CC)CCO/C3=C(\OCC1)OCCN(CCO)CCOCCOCCN(CCO)CCO3)OCCN(CCO)CCOCCOCCN(CCO)CCO2. The molecule has 0 saturated carbocycles. The van der Waals surface area contributed by atoms with E-state index >= 15 is 0 Å². The van der Waals surface area contributed by atoms with E-state index in [2.05, 4.69) is 43.2 Å². The van der Waals surface area contributed by atoms with E-state index in [4.69, 9.17) is 56.8 Å². The number of rotatable bonds is 10. The summed E-state index contributed by atoms with van der Waals surface area (Å²) in [6, 6.07) is 0. The molecule has 0 aromatic heterocycles. The number of likely N-dealkylation sites (N-methyl/N-ethyl adjacent to an activating group) is 2. The van der Waals surface area contributed by atoms with Crippen LogP contribution in [0.3, 0.4) is 0 Å². The Labute approximate surface area is 393 Å². The number of nitrogens with zero attached hydrogens (tertiary/aromatic N) is 6. The van der Waals surface area contributed by atoms with Crippen molar-refractivity contribution in [1.82, 2.24) is 29.4 Å². The second-order valence-electron chi connectivity index (χ2n) is 15.5.